The molecule has 19 heavy (non-hydrogen) atoms. The summed E-state index contributed by atoms with van der Waals surface area (Å²) in [7, 11) is 0. The molecule has 0 radical (unpaired) electrons. The number of nitrogens with zero attached hydrogens (tertiary/aromatic N) is 1. The van der Waals surface area contributed by atoms with E-state index in [-0.39, 0.29) is 5.06 Å². The van der Waals surface area contributed by atoms with Gasteiger partial charge in [-0.05, 0) is 32.9 Å². The summed E-state index contributed by atoms with van der Waals surface area (Å²) < 4.78 is 55.5. The molecule has 0 fully saturated rings. The van der Waals surface area contributed by atoms with Crippen LogP contribution in [0.2, 0.25) is 0 Å². The molecule has 0 bridgehead atoms. The van der Waals surface area contributed by atoms with Gasteiger partial charge in [-0.15, -0.1) is 0 Å². The van der Waals surface area contributed by atoms with E-state index in [0.717, 1.165) is 11.3 Å². The zero-order chi connectivity index (χ0) is 14.7. The molecule has 0 aliphatic heterocycles. The van der Waals surface area contributed by atoms with Crippen LogP contribution >= 0.6 is 11.3 Å². The number of ether oxygens (including phenoxy) is 1. The first-order valence-corrected chi connectivity index (χ1v) is 7.26. The molecule has 0 aliphatic carbocycles. The van der Waals surface area contributed by atoms with Crippen molar-refractivity contribution in [3.8, 4) is 5.06 Å². The first-order chi connectivity index (χ1) is 8.58. The van der Waals surface area contributed by atoms with Crippen LogP contribution in [-0.2, 0) is 11.4 Å². The highest BCUT2D eigenvalue weighted by molar-refractivity contribution is 7.91. The van der Waals surface area contributed by atoms with E-state index in [2.05, 4.69) is 9.13 Å². The SMILES string of the molecule is CC(C)(C)[S@@+]([O-])N=Cc1ccc(OCC(F)(F)F)s1. The van der Waals surface area contributed by atoms with Gasteiger partial charge in [-0.2, -0.15) is 13.2 Å². The molecule has 0 unspecified atom stereocenters. The molecule has 0 saturated carbocycles. The summed E-state index contributed by atoms with van der Waals surface area (Å²) in [5, 5.41) is 0.153. The Morgan fingerprint density at radius 1 is 1.37 bits per heavy atom. The third-order valence-electron chi connectivity index (χ3n) is 1.78. The van der Waals surface area contributed by atoms with Crippen LogP contribution in [-0.4, -0.2) is 28.3 Å². The smallest absolute Gasteiger partial charge is 0.422 e. The van der Waals surface area contributed by atoms with Gasteiger partial charge in [0.25, 0.3) is 0 Å². The highest BCUT2D eigenvalue weighted by atomic mass is 32.2. The van der Waals surface area contributed by atoms with Crippen LogP contribution in [0.4, 0.5) is 13.2 Å². The van der Waals surface area contributed by atoms with Crippen molar-refractivity contribution in [1.82, 2.24) is 0 Å². The Hall–Kier alpha value is -0.730. The number of rotatable bonds is 4. The Kier molecular flexibility index (Phi) is 5.28. The van der Waals surface area contributed by atoms with Crippen molar-refractivity contribution < 1.29 is 22.5 Å². The fourth-order valence-corrected chi connectivity index (χ4v) is 2.21. The van der Waals surface area contributed by atoms with E-state index in [1.165, 1.54) is 12.3 Å². The predicted octanol–water partition coefficient (Wildman–Crippen LogP) is 3.57. The molecule has 1 rings (SSSR count). The molecule has 0 spiro atoms. The maximum absolute atomic E-state index is 11.9. The van der Waals surface area contributed by atoms with Crippen molar-refractivity contribution in [3.05, 3.63) is 17.0 Å². The molecule has 0 aliphatic rings. The van der Waals surface area contributed by atoms with Crippen LogP contribution < -0.4 is 4.74 Å². The lowest BCUT2D eigenvalue weighted by atomic mass is 10.3. The molecule has 1 atom stereocenters. The minimum absolute atomic E-state index is 0.153. The standard InChI is InChI=1S/C11H14F3NO2S2/c1-10(2,3)19(16)15-6-8-4-5-9(18-8)17-7-11(12,13)14/h4-6H,7H2,1-3H3/t19-/m1/s1. The molecule has 0 aromatic carbocycles. The fourth-order valence-electron chi connectivity index (χ4n) is 0.892. The molecule has 0 amide bonds. The summed E-state index contributed by atoms with van der Waals surface area (Å²) in [6.07, 6.45) is -2.97. The number of thiophene rings is 1. The second kappa shape index (κ2) is 6.15. The summed E-state index contributed by atoms with van der Waals surface area (Å²) in [5.41, 5.74) is 0. The Labute approximate surface area is 116 Å². The van der Waals surface area contributed by atoms with Gasteiger partial charge in [0, 0.05) is 0 Å². The van der Waals surface area contributed by atoms with Crippen LogP contribution in [0, 0.1) is 0 Å². The van der Waals surface area contributed by atoms with Crippen molar-refractivity contribution >= 4 is 28.9 Å². The van der Waals surface area contributed by atoms with Crippen molar-refractivity contribution in [2.45, 2.75) is 31.7 Å². The summed E-state index contributed by atoms with van der Waals surface area (Å²) in [4.78, 5) is 0.592. The lowest BCUT2D eigenvalue weighted by Crippen LogP contribution is -2.25. The summed E-state index contributed by atoms with van der Waals surface area (Å²) in [6.45, 7) is 4.03. The van der Waals surface area contributed by atoms with Crippen LogP contribution in [0.3, 0.4) is 0 Å². The summed E-state index contributed by atoms with van der Waals surface area (Å²) in [5.74, 6) is 0. The van der Waals surface area contributed by atoms with Crippen LogP contribution in [0.15, 0.2) is 16.5 Å². The normalized spacial score (nSPS) is 14.9. The van der Waals surface area contributed by atoms with Gasteiger partial charge in [0.05, 0.1) is 11.1 Å². The van der Waals surface area contributed by atoms with E-state index in [4.69, 9.17) is 0 Å². The fraction of sp³-hybridized carbons (Fsp3) is 0.545. The van der Waals surface area contributed by atoms with E-state index in [1.54, 1.807) is 26.8 Å². The van der Waals surface area contributed by atoms with Gasteiger partial charge in [0.2, 0.25) is 0 Å². The quantitative estimate of drug-likeness (QED) is 0.630. The topological polar surface area (TPSA) is 44.7 Å². The number of halogens is 3. The molecule has 1 aromatic rings. The largest absolute Gasteiger partial charge is 0.591 e. The van der Waals surface area contributed by atoms with Crippen LogP contribution in [0.1, 0.15) is 25.6 Å². The monoisotopic (exact) mass is 313 g/mol. The Bertz CT molecular complexity index is 438. The third-order valence-corrected chi connectivity index (χ3v) is 4.06. The van der Waals surface area contributed by atoms with E-state index in [0.29, 0.717) is 4.88 Å². The van der Waals surface area contributed by atoms with Gasteiger partial charge in [-0.25, -0.2) is 0 Å². The van der Waals surface area contributed by atoms with Crippen molar-refractivity contribution in [3.63, 3.8) is 0 Å². The Morgan fingerprint density at radius 3 is 2.53 bits per heavy atom. The minimum atomic E-state index is -4.36. The predicted molar refractivity (Wildman–Crippen MR) is 71.4 cm³/mol. The van der Waals surface area contributed by atoms with Gasteiger partial charge < -0.3 is 9.29 Å². The van der Waals surface area contributed by atoms with Crippen LogP contribution in [0.25, 0.3) is 0 Å². The van der Waals surface area contributed by atoms with E-state index >= 15 is 0 Å². The van der Waals surface area contributed by atoms with Crippen molar-refractivity contribution in [2.24, 2.45) is 4.40 Å². The summed E-state index contributed by atoms with van der Waals surface area (Å²) in [6, 6.07) is 3.00. The maximum Gasteiger partial charge on any atom is 0.422 e. The minimum Gasteiger partial charge on any atom is -0.591 e. The van der Waals surface area contributed by atoms with Crippen molar-refractivity contribution in [2.75, 3.05) is 6.61 Å². The molecule has 108 valence electrons. The maximum atomic E-state index is 11.9. The van der Waals surface area contributed by atoms with Crippen LogP contribution in [0.5, 0.6) is 5.06 Å². The molecule has 0 saturated heterocycles. The van der Waals surface area contributed by atoms with E-state index < -0.39 is 28.9 Å². The van der Waals surface area contributed by atoms with Gasteiger partial charge in [-0.1, -0.05) is 15.7 Å². The Balaban J connectivity index is 2.58. The Morgan fingerprint density at radius 2 is 2.00 bits per heavy atom. The molecular formula is C11H14F3NO2S2. The zero-order valence-electron chi connectivity index (χ0n) is 10.7. The average molecular weight is 313 g/mol. The second-order valence-corrected chi connectivity index (χ2v) is 7.67. The van der Waals surface area contributed by atoms with Gasteiger partial charge in [0.15, 0.2) is 11.7 Å². The first kappa shape index (κ1) is 16.3. The van der Waals surface area contributed by atoms with E-state index in [9.17, 15) is 17.7 Å². The zero-order valence-corrected chi connectivity index (χ0v) is 12.3. The van der Waals surface area contributed by atoms with Gasteiger partial charge in [0.1, 0.15) is 16.1 Å². The summed E-state index contributed by atoms with van der Waals surface area (Å²) >= 11 is -0.371. The lowest BCUT2D eigenvalue weighted by molar-refractivity contribution is -0.152. The second-order valence-electron chi connectivity index (χ2n) is 4.66. The molecule has 0 N–H and O–H groups in total. The van der Waals surface area contributed by atoms with Gasteiger partial charge >= 0.3 is 6.18 Å². The number of hydrogen-bond acceptors (Lipinski definition) is 4. The van der Waals surface area contributed by atoms with Gasteiger partial charge in [-0.3, -0.25) is 0 Å². The highest BCUT2D eigenvalue weighted by Gasteiger charge is 2.28. The molecule has 1 aromatic heterocycles. The average Bonchev–Trinajstić information content (AvgIpc) is 2.68. The molecule has 1 heterocycles. The lowest BCUT2D eigenvalue weighted by Gasteiger charge is -2.17. The third kappa shape index (κ3) is 6.31. The molecular weight excluding hydrogens is 299 g/mol. The first-order valence-electron chi connectivity index (χ1n) is 5.33. The molecule has 3 nitrogen and oxygen atoms in total. The molecule has 8 heteroatoms. The highest BCUT2D eigenvalue weighted by Crippen LogP contribution is 2.26. The van der Waals surface area contributed by atoms with Crippen molar-refractivity contribution in [1.29, 1.82) is 0 Å². The van der Waals surface area contributed by atoms with E-state index in [1.807, 2.05) is 0 Å². The number of hydrogen-bond donors (Lipinski definition) is 0. The number of alkyl halides is 3.